The summed E-state index contributed by atoms with van der Waals surface area (Å²) in [6, 6.07) is 10.1. The van der Waals surface area contributed by atoms with Gasteiger partial charge in [0.15, 0.2) is 17.5 Å². The van der Waals surface area contributed by atoms with Crippen molar-refractivity contribution in [2.24, 2.45) is 0 Å². The summed E-state index contributed by atoms with van der Waals surface area (Å²) >= 11 is 5.78. The molecule has 0 aliphatic heterocycles. The van der Waals surface area contributed by atoms with Gasteiger partial charge in [0.1, 0.15) is 11.5 Å². The Kier molecular flexibility index (Phi) is 8.14. The van der Waals surface area contributed by atoms with E-state index in [2.05, 4.69) is 30.8 Å². The summed E-state index contributed by atoms with van der Waals surface area (Å²) in [6.07, 6.45) is 0. The Morgan fingerprint density at radius 3 is 2.50 bits per heavy atom. The van der Waals surface area contributed by atoms with Gasteiger partial charge in [-0.25, -0.2) is 13.8 Å². The van der Waals surface area contributed by atoms with E-state index in [1.54, 1.807) is 0 Å². The molecular formula is C19H15Cl3F2N6O2. The Hall–Kier alpha value is -3.21. The molecule has 0 bridgehead atoms. The number of imidazole rings is 1. The van der Waals surface area contributed by atoms with Crippen molar-refractivity contribution >= 4 is 65.1 Å². The molecule has 168 valence electrons. The van der Waals surface area contributed by atoms with Crippen molar-refractivity contribution in [3.63, 3.8) is 0 Å². The van der Waals surface area contributed by atoms with Crippen LogP contribution in [0.5, 0.6) is 0 Å². The van der Waals surface area contributed by atoms with Crippen molar-refractivity contribution in [2.45, 2.75) is 6.54 Å². The summed E-state index contributed by atoms with van der Waals surface area (Å²) in [6.45, 7) is 0.151. The van der Waals surface area contributed by atoms with E-state index in [4.69, 9.17) is 11.6 Å². The number of aromatic amines is 2. The molecule has 13 heteroatoms. The van der Waals surface area contributed by atoms with Gasteiger partial charge in [-0.05, 0) is 24.3 Å². The number of hydrogen-bond acceptors (Lipinski definition) is 4. The molecule has 0 radical (unpaired) electrons. The van der Waals surface area contributed by atoms with Gasteiger partial charge in [0, 0.05) is 6.07 Å². The van der Waals surface area contributed by atoms with Gasteiger partial charge in [-0.1, -0.05) is 23.7 Å². The van der Waals surface area contributed by atoms with E-state index in [1.165, 1.54) is 6.07 Å². The molecule has 0 aliphatic carbocycles. The van der Waals surface area contributed by atoms with E-state index in [0.717, 1.165) is 11.0 Å². The summed E-state index contributed by atoms with van der Waals surface area (Å²) in [5.41, 5.74) is 1.45. The molecular weight excluding hydrogens is 489 g/mol. The van der Waals surface area contributed by atoms with E-state index in [-0.39, 0.29) is 53.5 Å². The first-order valence-corrected chi connectivity index (χ1v) is 9.01. The van der Waals surface area contributed by atoms with Gasteiger partial charge in [-0.3, -0.25) is 14.7 Å². The van der Waals surface area contributed by atoms with Crippen molar-refractivity contribution in [3.8, 4) is 0 Å². The van der Waals surface area contributed by atoms with Gasteiger partial charge in [0.05, 0.1) is 28.2 Å². The topological polar surface area (TPSA) is 116 Å². The van der Waals surface area contributed by atoms with Crippen LogP contribution in [0.25, 0.3) is 11.0 Å². The van der Waals surface area contributed by atoms with Crippen LogP contribution in [-0.4, -0.2) is 32.0 Å². The van der Waals surface area contributed by atoms with E-state index in [1.807, 2.05) is 24.3 Å². The summed E-state index contributed by atoms with van der Waals surface area (Å²) in [5.74, 6) is -3.08. The number of para-hydroxylation sites is 2. The lowest BCUT2D eigenvalue weighted by atomic mass is 10.2. The molecule has 0 spiro atoms. The maximum absolute atomic E-state index is 13.4. The first kappa shape index (κ1) is 25.1. The Morgan fingerprint density at radius 2 is 1.75 bits per heavy atom. The lowest BCUT2D eigenvalue weighted by Gasteiger charge is -2.05. The number of hydrogen-bond donors (Lipinski definition) is 4. The molecule has 0 saturated heterocycles. The average molecular weight is 504 g/mol. The second-order valence-electron chi connectivity index (χ2n) is 6.25. The second kappa shape index (κ2) is 10.4. The molecule has 4 aromatic rings. The van der Waals surface area contributed by atoms with E-state index < -0.39 is 23.4 Å². The lowest BCUT2D eigenvalue weighted by Crippen LogP contribution is -2.23. The van der Waals surface area contributed by atoms with Crippen LogP contribution in [0.4, 0.5) is 14.6 Å². The summed E-state index contributed by atoms with van der Waals surface area (Å²) in [7, 11) is 0. The van der Waals surface area contributed by atoms with Gasteiger partial charge in [-0.15, -0.1) is 24.8 Å². The Bertz CT molecular complexity index is 1240. The monoisotopic (exact) mass is 502 g/mol. The zero-order valence-electron chi connectivity index (χ0n) is 15.9. The number of nitrogens with zero attached hydrogens (tertiary/aromatic N) is 2. The molecule has 0 aliphatic rings. The van der Waals surface area contributed by atoms with Crippen LogP contribution in [-0.2, 0) is 6.54 Å². The maximum atomic E-state index is 13.4. The average Bonchev–Trinajstić information content (AvgIpc) is 3.35. The van der Waals surface area contributed by atoms with Gasteiger partial charge in [-0.2, -0.15) is 5.10 Å². The zero-order valence-corrected chi connectivity index (χ0v) is 18.3. The predicted octanol–water partition coefficient (Wildman–Crippen LogP) is 4.24. The Labute approximate surface area is 197 Å². The largest absolute Gasteiger partial charge is 0.343 e. The molecule has 0 unspecified atom stereocenters. The number of benzene rings is 2. The van der Waals surface area contributed by atoms with Crippen LogP contribution < -0.4 is 10.6 Å². The third kappa shape index (κ3) is 5.34. The fourth-order valence-electron chi connectivity index (χ4n) is 2.73. The first-order chi connectivity index (χ1) is 14.4. The van der Waals surface area contributed by atoms with Gasteiger partial charge in [0.25, 0.3) is 11.8 Å². The summed E-state index contributed by atoms with van der Waals surface area (Å²) in [4.78, 5) is 32.0. The number of aromatic nitrogens is 4. The maximum Gasteiger partial charge on any atom is 0.269 e. The minimum Gasteiger partial charge on any atom is -0.343 e. The highest BCUT2D eigenvalue weighted by Crippen LogP contribution is 2.21. The predicted molar refractivity (Wildman–Crippen MR) is 120 cm³/mol. The highest BCUT2D eigenvalue weighted by Gasteiger charge is 2.17. The molecule has 0 fully saturated rings. The van der Waals surface area contributed by atoms with Gasteiger partial charge < -0.3 is 15.6 Å². The minimum atomic E-state index is -1.21. The van der Waals surface area contributed by atoms with E-state index in [0.29, 0.717) is 18.0 Å². The highest BCUT2D eigenvalue weighted by atomic mass is 35.5. The van der Waals surface area contributed by atoms with Crippen LogP contribution in [0.15, 0.2) is 42.5 Å². The van der Waals surface area contributed by atoms with E-state index in [9.17, 15) is 18.4 Å². The van der Waals surface area contributed by atoms with Crippen molar-refractivity contribution in [3.05, 3.63) is 76.2 Å². The normalized spacial score (nSPS) is 10.2. The third-order valence-corrected chi connectivity index (χ3v) is 4.49. The quantitative estimate of drug-likeness (QED) is 0.305. The van der Waals surface area contributed by atoms with Gasteiger partial charge >= 0.3 is 0 Å². The lowest BCUT2D eigenvalue weighted by molar-refractivity contribution is 0.0944. The van der Waals surface area contributed by atoms with Crippen molar-refractivity contribution in [1.29, 1.82) is 0 Å². The number of fused-ring (bicyclic) bond motifs is 1. The number of anilines is 1. The molecule has 0 atom stereocenters. The fraction of sp³-hybridized carbons (Fsp3) is 0.0526. The smallest absolute Gasteiger partial charge is 0.269 e. The number of amides is 2. The molecule has 4 N–H and O–H groups in total. The number of rotatable bonds is 5. The summed E-state index contributed by atoms with van der Waals surface area (Å²) < 4.78 is 26.5. The molecule has 2 heterocycles. The number of nitrogens with one attached hydrogen (secondary N) is 4. The number of carbonyl (C=O) groups excluding carboxylic acids is 2. The first-order valence-electron chi connectivity index (χ1n) is 8.64. The molecule has 0 saturated carbocycles. The van der Waals surface area contributed by atoms with Crippen LogP contribution in [0.2, 0.25) is 5.02 Å². The number of halogens is 5. The molecule has 2 aromatic heterocycles. The van der Waals surface area contributed by atoms with Crippen molar-refractivity contribution in [1.82, 2.24) is 25.5 Å². The molecule has 8 nitrogen and oxygen atoms in total. The third-order valence-electron chi connectivity index (χ3n) is 4.17. The second-order valence-corrected chi connectivity index (χ2v) is 6.66. The van der Waals surface area contributed by atoms with Crippen molar-refractivity contribution < 1.29 is 18.4 Å². The summed E-state index contributed by atoms with van der Waals surface area (Å²) in [5, 5.41) is 11.1. The Balaban J connectivity index is 0.00000181. The molecule has 4 rings (SSSR count). The SMILES string of the molecule is Cl.Cl.O=C(NCc1nc2ccccc2[nH]1)c1cc(NC(=O)c2cc(F)c(F)cc2Cl)n[nH]1. The Morgan fingerprint density at radius 1 is 1.03 bits per heavy atom. The van der Waals surface area contributed by atoms with Crippen LogP contribution >= 0.6 is 36.4 Å². The van der Waals surface area contributed by atoms with Crippen LogP contribution in [0.3, 0.4) is 0 Å². The van der Waals surface area contributed by atoms with Crippen molar-refractivity contribution in [2.75, 3.05) is 5.32 Å². The molecule has 2 amide bonds. The standard InChI is InChI=1S/C19H13ClF2N6O2.2ClH/c20-10-6-12(22)11(21)5-9(10)18(29)26-16-7-15(27-28-16)19(30)23-8-17-24-13-3-1-2-4-14(13)25-17;;/h1-7H,8H2,(H,23,30)(H,24,25)(H2,26,27,28,29);2*1H. The molecule has 2 aromatic carbocycles. The van der Waals surface area contributed by atoms with Crippen LogP contribution in [0.1, 0.15) is 26.7 Å². The number of H-pyrrole nitrogens is 2. The molecule has 32 heavy (non-hydrogen) atoms. The number of carbonyl (C=O) groups is 2. The van der Waals surface area contributed by atoms with Gasteiger partial charge in [0.2, 0.25) is 0 Å². The zero-order chi connectivity index (χ0) is 21.3. The van der Waals surface area contributed by atoms with Crippen LogP contribution in [0, 0.1) is 11.6 Å². The fourth-order valence-corrected chi connectivity index (χ4v) is 2.97. The highest BCUT2D eigenvalue weighted by molar-refractivity contribution is 6.34. The minimum absolute atomic E-state index is 0. The van der Waals surface area contributed by atoms with E-state index >= 15 is 0 Å².